The van der Waals surface area contributed by atoms with E-state index in [2.05, 4.69) is 0 Å². The Morgan fingerprint density at radius 2 is 1.81 bits per heavy atom. The fourth-order valence-electron chi connectivity index (χ4n) is 2.71. The molecule has 3 rings (SSSR count). The molecule has 1 amide bonds. The third-order valence-corrected chi connectivity index (χ3v) is 4.34. The number of rotatable bonds is 5. The van der Waals surface area contributed by atoms with E-state index in [4.69, 9.17) is 14.3 Å². The van der Waals surface area contributed by atoms with E-state index in [0.717, 1.165) is 0 Å². The number of furan rings is 1. The summed E-state index contributed by atoms with van der Waals surface area (Å²) < 4.78 is 23.8. The van der Waals surface area contributed by atoms with Gasteiger partial charge in [-0.15, -0.1) is 0 Å². The Labute approximate surface area is 148 Å². The number of carbonyl (C=O) groups excluding carboxylic acids is 1. The molecule has 1 fully saturated rings. The molecule has 0 unspecified atom stereocenters. The first-order valence-corrected chi connectivity index (χ1v) is 8.09. The average molecular weight is 363 g/mol. The summed E-state index contributed by atoms with van der Waals surface area (Å²) in [5.74, 6) is -0.993. The van der Waals surface area contributed by atoms with Crippen LogP contribution < -0.4 is 4.74 Å². The lowest BCUT2D eigenvalue weighted by Crippen LogP contribution is -2.50. The highest BCUT2D eigenvalue weighted by molar-refractivity contribution is 5.91. The molecule has 2 N–H and O–H groups in total. The van der Waals surface area contributed by atoms with Crippen molar-refractivity contribution in [2.75, 3.05) is 13.1 Å². The number of amides is 1. The van der Waals surface area contributed by atoms with Crippen LogP contribution in [0.4, 0.5) is 4.39 Å². The summed E-state index contributed by atoms with van der Waals surface area (Å²) in [6, 6.07) is 8.66. The van der Waals surface area contributed by atoms with Gasteiger partial charge in [0.25, 0.3) is 5.91 Å². The van der Waals surface area contributed by atoms with Gasteiger partial charge in [0.05, 0.1) is 0 Å². The molecular weight excluding hydrogens is 345 g/mol. The van der Waals surface area contributed by atoms with Crippen LogP contribution in [0.1, 0.15) is 29.2 Å². The number of carbonyl (C=O) groups is 2. The summed E-state index contributed by atoms with van der Waals surface area (Å²) in [6.07, 6.45) is -0.0648. The zero-order valence-corrected chi connectivity index (χ0v) is 13.9. The van der Waals surface area contributed by atoms with Crippen LogP contribution in [0.15, 0.2) is 40.8 Å². The summed E-state index contributed by atoms with van der Waals surface area (Å²) in [5.41, 5.74) is -1.78. The van der Waals surface area contributed by atoms with E-state index >= 15 is 0 Å². The smallest absolute Gasteiger partial charge is 0.335 e. The molecule has 8 heteroatoms. The van der Waals surface area contributed by atoms with E-state index in [-0.39, 0.29) is 50.0 Å². The van der Waals surface area contributed by atoms with Crippen molar-refractivity contribution in [2.45, 2.75) is 25.0 Å². The normalized spacial score (nSPS) is 16.3. The lowest BCUT2D eigenvalue weighted by Gasteiger charge is -2.34. The van der Waals surface area contributed by atoms with Gasteiger partial charge in [-0.25, -0.2) is 9.18 Å². The maximum Gasteiger partial charge on any atom is 0.335 e. The first-order valence-electron chi connectivity index (χ1n) is 8.09. The van der Waals surface area contributed by atoms with E-state index in [1.54, 1.807) is 6.07 Å². The van der Waals surface area contributed by atoms with Gasteiger partial charge in [-0.2, -0.15) is 0 Å². The molecule has 26 heavy (non-hydrogen) atoms. The Hall–Kier alpha value is -2.87. The predicted octanol–water partition coefficient (Wildman–Crippen LogP) is 2.05. The molecule has 7 nitrogen and oxygen atoms in total. The number of carboxylic acids is 1. The lowest BCUT2D eigenvalue weighted by atomic mass is 9.91. The third-order valence-electron chi connectivity index (χ3n) is 4.34. The molecule has 1 aromatic carbocycles. The second-order valence-electron chi connectivity index (χ2n) is 6.14. The Morgan fingerprint density at radius 3 is 2.42 bits per heavy atom. The van der Waals surface area contributed by atoms with Crippen molar-refractivity contribution in [1.82, 2.24) is 4.90 Å². The fraction of sp³-hybridized carbons (Fsp3) is 0.333. The van der Waals surface area contributed by atoms with Gasteiger partial charge >= 0.3 is 5.97 Å². The van der Waals surface area contributed by atoms with Crippen molar-refractivity contribution in [3.63, 3.8) is 0 Å². The largest absolute Gasteiger partial charge is 0.486 e. The number of aliphatic hydroxyl groups is 1. The van der Waals surface area contributed by atoms with Crippen molar-refractivity contribution < 1.29 is 33.3 Å². The van der Waals surface area contributed by atoms with E-state index in [1.165, 1.54) is 35.2 Å². The molecule has 0 saturated carbocycles. The number of ether oxygens (including phenoxy) is 1. The van der Waals surface area contributed by atoms with Crippen molar-refractivity contribution >= 4 is 11.9 Å². The lowest BCUT2D eigenvalue weighted by molar-refractivity contribution is -0.162. The first-order chi connectivity index (χ1) is 12.4. The molecule has 0 radical (unpaired) electrons. The van der Waals surface area contributed by atoms with Crippen molar-refractivity contribution in [2.24, 2.45) is 0 Å². The van der Waals surface area contributed by atoms with Crippen LogP contribution in [-0.2, 0) is 11.4 Å². The minimum absolute atomic E-state index is 0.0324. The zero-order valence-electron chi connectivity index (χ0n) is 13.9. The summed E-state index contributed by atoms with van der Waals surface area (Å²) in [5, 5.41) is 18.9. The molecule has 1 aliphatic heterocycles. The van der Waals surface area contributed by atoms with E-state index < -0.39 is 11.6 Å². The number of likely N-dealkylation sites (tertiary alicyclic amines) is 1. The minimum atomic E-state index is -1.78. The average Bonchev–Trinajstić information content (AvgIpc) is 3.10. The summed E-state index contributed by atoms with van der Waals surface area (Å²) >= 11 is 0. The van der Waals surface area contributed by atoms with E-state index in [1.807, 2.05) is 0 Å². The molecule has 2 aromatic rings. The highest BCUT2D eigenvalue weighted by Crippen LogP contribution is 2.24. The number of hydrogen-bond acceptors (Lipinski definition) is 5. The van der Waals surface area contributed by atoms with Gasteiger partial charge in [0.2, 0.25) is 0 Å². The van der Waals surface area contributed by atoms with Crippen LogP contribution >= 0.6 is 0 Å². The number of piperidine rings is 1. The SMILES string of the molecule is O=C(c1ccc(COc2ccc(F)cc2)o1)N1CCC(O)(C(=O)O)CC1. The van der Waals surface area contributed by atoms with Crippen LogP contribution in [0, 0.1) is 5.82 Å². The Bertz CT molecular complexity index is 792. The second-order valence-corrected chi connectivity index (χ2v) is 6.14. The highest BCUT2D eigenvalue weighted by atomic mass is 19.1. The summed E-state index contributed by atoms with van der Waals surface area (Å²) in [6.45, 7) is 0.338. The fourth-order valence-corrected chi connectivity index (χ4v) is 2.71. The van der Waals surface area contributed by atoms with Crippen LogP contribution in [-0.4, -0.2) is 45.7 Å². The minimum Gasteiger partial charge on any atom is -0.486 e. The molecule has 0 spiro atoms. The summed E-state index contributed by atoms with van der Waals surface area (Å²) in [4.78, 5) is 24.9. The number of hydrogen-bond donors (Lipinski definition) is 2. The number of carboxylic acid groups (broad SMARTS) is 1. The van der Waals surface area contributed by atoms with Gasteiger partial charge in [0.15, 0.2) is 11.4 Å². The Morgan fingerprint density at radius 1 is 1.15 bits per heavy atom. The Kier molecular flexibility index (Phi) is 4.94. The molecule has 1 aromatic heterocycles. The molecular formula is C18H18FNO6. The van der Waals surface area contributed by atoms with Gasteiger partial charge in [0.1, 0.15) is 23.9 Å². The van der Waals surface area contributed by atoms with Crippen molar-refractivity contribution in [1.29, 1.82) is 0 Å². The number of halogens is 1. The molecule has 0 aliphatic carbocycles. The van der Waals surface area contributed by atoms with Gasteiger partial charge in [-0.05, 0) is 36.4 Å². The standard InChI is InChI=1S/C18H18FNO6/c19-12-1-3-13(4-2-12)25-11-14-5-6-15(26-14)16(21)20-9-7-18(24,8-10-20)17(22)23/h1-6,24H,7-11H2,(H,22,23). The van der Waals surface area contributed by atoms with Crippen molar-refractivity contribution in [3.05, 3.63) is 53.7 Å². The summed E-state index contributed by atoms with van der Waals surface area (Å²) in [7, 11) is 0. The maximum atomic E-state index is 12.8. The van der Waals surface area contributed by atoms with Crippen molar-refractivity contribution in [3.8, 4) is 5.75 Å². The van der Waals surface area contributed by atoms with E-state index in [9.17, 15) is 19.1 Å². The van der Waals surface area contributed by atoms with Crippen LogP contribution in [0.5, 0.6) is 5.75 Å². The molecule has 0 bridgehead atoms. The maximum absolute atomic E-state index is 12.8. The van der Waals surface area contributed by atoms with Gasteiger partial charge < -0.3 is 24.3 Å². The second kappa shape index (κ2) is 7.17. The van der Waals surface area contributed by atoms with Crippen LogP contribution in [0.3, 0.4) is 0 Å². The predicted molar refractivity (Wildman–Crippen MR) is 87.2 cm³/mol. The monoisotopic (exact) mass is 363 g/mol. The molecule has 1 aliphatic rings. The quantitative estimate of drug-likeness (QED) is 0.843. The molecule has 2 heterocycles. The van der Waals surface area contributed by atoms with Gasteiger partial charge in [0, 0.05) is 25.9 Å². The third kappa shape index (κ3) is 3.85. The molecule has 0 atom stereocenters. The number of nitrogens with zero attached hydrogens (tertiary/aromatic N) is 1. The number of aliphatic carboxylic acids is 1. The molecule has 138 valence electrons. The number of benzene rings is 1. The van der Waals surface area contributed by atoms with Gasteiger partial charge in [-0.3, -0.25) is 4.79 Å². The first kappa shape index (κ1) is 17.9. The topological polar surface area (TPSA) is 100 Å². The Balaban J connectivity index is 1.56. The zero-order chi connectivity index (χ0) is 18.7. The molecule has 1 saturated heterocycles. The van der Waals surface area contributed by atoms with Crippen LogP contribution in [0.25, 0.3) is 0 Å². The van der Waals surface area contributed by atoms with E-state index in [0.29, 0.717) is 11.5 Å². The van der Waals surface area contributed by atoms with Crippen LogP contribution in [0.2, 0.25) is 0 Å². The highest BCUT2D eigenvalue weighted by Gasteiger charge is 2.40. The van der Waals surface area contributed by atoms with Gasteiger partial charge in [-0.1, -0.05) is 0 Å².